The molecule has 1 aromatic carbocycles. The third-order valence-corrected chi connectivity index (χ3v) is 3.39. The first-order valence-corrected chi connectivity index (χ1v) is 6.74. The molecule has 0 aromatic heterocycles. The van der Waals surface area contributed by atoms with E-state index in [4.69, 9.17) is 5.73 Å². The summed E-state index contributed by atoms with van der Waals surface area (Å²) in [6.07, 6.45) is 0.577. The van der Waals surface area contributed by atoms with Gasteiger partial charge in [-0.15, -0.1) is 0 Å². The van der Waals surface area contributed by atoms with E-state index in [0.29, 0.717) is 25.1 Å². The van der Waals surface area contributed by atoms with E-state index in [2.05, 4.69) is 5.32 Å². The summed E-state index contributed by atoms with van der Waals surface area (Å²) in [5.41, 5.74) is 6.52. The molecule has 4 nitrogen and oxygen atoms in total. The number of hydrogen-bond donors (Lipinski definition) is 2. The maximum absolute atomic E-state index is 13.1. The molecule has 0 radical (unpaired) electrons. The minimum atomic E-state index is -0.886. The zero-order valence-corrected chi connectivity index (χ0v) is 11.2. The van der Waals surface area contributed by atoms with Gasteiger partial charge >= 0.3 is 0 Å². The Morgan fingerprint density at radius 2 is 2.00 bits per heavy atom. The van der Waals surface area contributed by atoms with E-state index >= 15 is 0 Å². The molecule has 0 aliphatic carbocycles. The number of carbonyl (C=O) groups is 1. The highest BCUT2D eigenvalue weighted by Gasteiger charge is 2.19. The quantitative estimate of drug-likeness (QED) is 0.853. The van der Waals surface area contributed by atoms with E-state index in [1.54, 1.807) is 4.90 Å². The number of hydrogen-bond acceptors (Lipinski definition) is 3. The first-order valence-electron chi connectivity index (χ1n) is 6.74. The Kier molecular flexibility index (Phi) is 5.03. The maximum Gasteiger partial charge on any atom is 0.224 e. The lowest BCUT2D eigenvalue weighted by atomic mass is 10.0. The molecule has 1 aliphatic rings. The van der Waals surface area contributed by atoms with Crippen LogP contribution >= 0.6 is 0 Å². The molecular weight excluding hydrogens is 264 g/mol. The van der Waals surface area contributed by atoms with Crippen LogP contribution in [0.5, 0.6) is 0 Å². The van der Waals surface area contributed by atoms with Crippen LogP contribution in [0, 0.1) is 11.6 Å². The SMILES string of the molecule is N[C@@H](CC(=O)N1CCNCC1)Cc1ccc(F)c(F)c1. The van der Waals surface area contributed by atoms with Crippen LogP contribution in [0.15, 0.2) is 18.2 Å². The molecule has 20 heavy (non-hydrogen) atoms. The van der Waals surface area contributed by atoms with Gasteiger partial charge in [-0.25, -0.2) is 8.78 Å². The molecule has 1 aromatic rings. The second-order valence-electron chi connectivity index (χ2n) is 5.05. The second-order valence-corrected chi connectivity index (χ2v) is 5.05. The molecule has 0 bridgehead atoms. The molecule has 3 N–H and O–H groups in total. The van der Waals surface area contributed by atoms with Crippen LogP contribution in [0.4, 0.5) is 8.78 Å². The van der Waals surface area contributed by atoms with Crippen molar-refractivity contribution in [2.24, 2.45) is 5.73 Å². The number of amides is 1. The fourth-order valence-electron chi connectivity index (χ4n) is 2.31. The average Bonchev–Trinajstić information content (AvgIpc) is 2.44. The van der Waals surface area contributed by atoms with Gasteiger partial charge in [0, 0.05) is 38.6 Å². The fourth-order valence-corrected chi connectivity index (χ4v) is 2.31. The minimum Gasteiger partial charge on any atom is -0.340 e. The monoisotopic (exact) mass is 283 g/mol. The number of piperazine rings is 1. The Balaban J connectivity index is 1.86. The van der Waals surface area contributed by atoms with Crippen LogP contribution in [-0.2, 0) is 11.2 Å². The van der Waals surface area contributed by atoms with Crippen molar-refractivity contribution in [2.75, 3.05) is 26.2 Å². The molecule has 1 atom stereocenters. The van der Waals surface area contributed by atoms with Crippen molar-refractivity contribution in [3.8, 4) is 0 Å². The summed E-state index contributed by atoms with van der Waals surface area (Å²) in [5.74, 6) is -1.75. The molecular formula is C14H19F2N3O. The highest BCUT2D eigenvalue weighted by atomic mass is 19.2. The lowest BCUT2D eigenvalue weighted by Crippen LogP contribution is -2.47. The molecule has 2 rings (SSSR count). The van der Waals surface area contributed by atoms with Gasteiger partial charge in [0.25, 0.3) is 0 Å². The van der Waals surface area contributed by atoms with Crippen LogP contribution in [0.1, 0.15) is 12.0 Å². The summed E-state index contributed by atoms with van der Waals surface area (Å²) in [6, 6.07) is 3.32. The number of halogens is 2. The first-order chi connectivity index (χ1) is 9.56. The van der Waals surface area contributed by atoms with E-state index in [9.17, 15) is 13.6 Å². The number of nitrogens with zero attached hydrogens (tertiary/aromatic N) is 1. The zero-order chi connectivity index (χ0) is 14.5. The fraction of sp³-hybridized carbons (Fsp3) is 0.500. The molecule has 0 saturated carbocycles. The van der Waals surface area contributed by atoms with Crippen LogP contribution in [0.2, 0.25) is 0 Å². The Morgan fingerprint density at radius 1 is 1.30 bits per heavy atom. The predicted molar refractivity (Wildman–Crippen MR) is 72.1 cm³/mol. The Morgan fingerprint density at radius 3 is 2.65 bits per heavy atom. The lowest BCUT2D eigenvalue weighted by Gasteiger charge is -2.28. The smallest absolute Gasteiger partial charge is 0.224 e. The summed E-state index contributed by atoms with van der Waals surface area (Å²) in [6.45, 7) is 2.97. The molecule has 6 heteroatoms. The standard InChI is InChI=1S/C14H19F2N3O/c15-12-2-1-10(8-13(12)16)7-11(17)9-14(20)19-5-3-18-4-6-19/h1-2,8,11,18H,3-7,9,17H2/t11-/m1/s1. The van der Waals surface area contributed by atoms with Crippen molar-refractivity contribution >= 4 is 5.91 Å². The topological polar surface area (TPSA) is 58.4 Å². The van der Waals surface area contributed by atoms with Crippen molar-refractivity contribution in [1.82, 2.24) is 10.2 Å². The Labute approximate surface area is 116 Å². The number of carbonyl (C=O) groups excluding carboxylic acids is 1. The normalized spacial score (nSPS) is 17.1. The van der Waals surface area contributed by atoms with Gasteiger partial charge in [0.1, 0.15) is 0 Å². The molecule has 1 fully saturated rings. The van der Waals surface area contributed by atoms with Gasteiger partial charge in [-0.05, 0) is 24.1 Å². The highest BCUT2D eigenvalue weighted by Crippen LogP contribution is 2.11. The summed E-state index contributed by atoms with van der Waals surface area (Å²) >= 11 is 0. The van der Waals surface area contributed by atoms with Gasteiger partial charge in [0.15, 0.2) is 11.6 Å². The molecule has 1 amide bonds. The summed E-state index contributed by atoms with van der Waals surface area (Å²) in [5, 5.41) is 3.17. The van der Waals surface area contributed by atoms with Crippen LogP contribution < -0.4 is 11.1 Å². The van der Waals surface area contributed by atoms with Crippen molar-refractivity contribution in [2.45, 2.75) is 18.9 Å². The van der Waals surface area contributed by atoms with Gasteiger partial charge < -0.3 is 16.0 Å². The van der Waals surface area contributed by atoms with Gasteiger partial charge in [0.05, 0.1) is 0 Å². The molecule has 1 aliphatic heterocycles. The average molecular weight is 283 g/mol. The summed E-state index contributed by atoms with van der Waals surface area (Å²) in [4.78, 5) is 13.8. The minimum absolute atomic E-state index is 0.0154. The molecule has 1 heterocycles. The van der Waals surface area contributed by atoms with Gasteiger partial charge in [-0.2, -0.15) is 0 Å². The summed E-state index contributed by atoms with van der Waals surface area (Å²) < 4.78 is 25.9. The van der Waals surface area contributed by atoms with E-state index in [0.717, 1.165) is 25.2 Å². The third-order valence-electron chi connectivity index (χ3n) is 3.39. The van der Waals surface area contributed by atoms with Crippen LogP contribution in [0.3, 0.4) is 0 Å². The Bertz CT molecular complexity index is 475. The second kappa shape index (κ2) is 6.76. The third kappa shape index (κ3) is 3.98. The number of benzene rings is 1. The van der Waals surface area contributed by atoms with E-state index in [-0.39, 0.29) is 18.4 Å². The van der Waals surface area contributed by atoms with Gasteiger partial charge in [-0.3, -0.25) is 4.79 Å². The van der Waals surface area contributed by atoms with Crippen molar-refractivity contribution in [3.63, 3.8) is 0 Å². The van der Waals surface area contributed by atoms with E-state index in [1.807, 2.05) is 0 Å². The number of nitrogens with two attached hydrogens (primary N) is 1. The summed E-state index contributed by atoms with van der Waals surface area (Å²) in [7, 11) is 0. The maximum atomic E-state index is 13.1. The van der Waals surface area contributed by atoms with Gasteiger partial charge in [0.2, 0.25) is 5.91 Å². The first kappa shape index (κ1) is 14.9. The highest BCUT2D eigenvalue weighted by molar-refractivity contribution is 5.77. The predicted octanol–water partition coefficient (Wildman–Crippen LogP) is 0.656. The number of rotatable bonds is 4. The van der Waals surface area contributed by atoms with Crippen molar-refractivity contribution in [1.29, 1.82) is 0 Å². The lowest BCUT2D eigenvalue weighted by molar-refractivity contribution is -0.132. The van der Waals surface area contributed by atoms with E-state index < -0.39 is 11.6 Å². The van der Waals surface area contributed by atoms with Crippen LogP contribution in [-0.4, -0.2) is 43.0 Å². The van der Waals surface area contributed by atoms with Crippen LogP contribution in [0.25, 0.3) is 0 Å². The molecule has 0 spiro atoms. The molecule has 1 saturated heterocycles. The molecule has 110 valence electrons. The molecule has 0 unspecified atom stereocenters. The van der Waals surface area contributed by atoms with E-state index in [1.165, 1.54) is 6.07 Å². The largest absolute Gasteiger partial charge is 0.340 e. The van der Waals surface area contributed by atoms with Gasteiger partial charge in [-0.1, -0.05) is 6.07 Å². The van der Waals surface area contributed by atoms with Crippen molar-refractivity contribution < 1.29 is 13.6 Å². The van der Waals surface area contributed by atoms with Crippen molar-refractivity contribution in [3.05, 3.63) is 35.4 Å². The zero-order valence-electron chi connectivity index (χ0n) is 11.2. The Hall–Kier alpha value is -1.53. The number of nitrogens with one attached hydrogen (secondary N) is 1.